The lowest BCUT2D eigenvalue weighted by Crippen LogP contribution is -3.00. The number of benzene rings is 3. The van der Waals surface area contributed by atoms with Crippen molar-refractivity contribution in [1.82, 2.24) is 0 Å². The van der Waals surface area contributed by atoms with Gasteiger partial charge in [-0.05, 0) is 81.0 Å². The van der Waals surface area contributed by atoms with Crippen LogP contribution in [0.1, 0.15) is 47.0 Å². The molecule has 1 atom stereocenters. The highest BCUT2D eigenvalue weighted by atomic mass is 35.5. The van der Waals surface area contributed by atoms with Crippen molar-refractivity contribution in [3.8, 4) is 0 Å². The first-order chi connectivity index (χ1) is 16.8. The number of halogens is 1. The number of allylic oxidation sites excluding steroid dienone is 4. The summed E-state index contributed by atoms with van der Waals surface area (Å²) in [4.78, 5) is 0. The van der Waals surface area contributed by atoms with Crippen LogP contribution in [0.5, 0.6) is 0 Å². The fourth-order valence-corrected chi connectivity index (χ4v) is 9.34. The summed E-state index contributed by atoms with van der Waals surface area (Å²) in [7, 11) is -1.98. The topological polar surface area (TPSA) is 20.2 Å². The molecule has 3 aromatic rings. The van der Waals surface area contributed by atoms with Crippen molar-refractivity contribution in [2.75, 3.05) is 0 Å². The van der Waals surface area contributed by atoms with Gasteiger partial charge < -0.3 is 17.5 Å². The summed E-state index contributed by atoms with van der Waals surface area (Å²) >= 11 is 0. The largest absolute Gasteiger partial charge is 1.00 e. The van der Waals surface area contributed by atoms with Crippen molar-refractivity contribution in [2.45, 2.75) is 53.1 Å². The molecule has 3 aromatic carbocycles. The Morgan fingerprint density at radius 2 is 1.31 bits per heavy atom. The number of rotatable bonds is 7. The van der Waals surface area contributed by atoms with Crippen LogP contribution in [0.15, 0.2) is 126 Å². The number of aliphatic hydroxyl groups excluding tert-OH is 1. The molecule has 36 heavy (non-hydrogen) atoms. The molecule has 1 aliphatic carbocycles. The van der Waals surface area contributed by atoms with Crippen LogP contribution in [0.3, 0.4) is 0 Å². The predicted molar refractivity (Wildman–Crippen MR) is 154 cm³/mol. The Kier molecular flexibility index (Phi) is 9.53. The van der Waals surface area contributed by atoms with Gasteiger partial charge in [-0.15, -0.1) is 0 Å². The minimum atomic E-state index is -1.98. The Hall–Kier alpha value is -2.44. The van der Waals surface area contributed by atoms with Gasteiger partial charge in [-0.25, -0.2) is 0 Å². The smallest absolute Gasteiger partial charge is 0.136 e. The summed E-state index contributed by atoms with van der Waals surface area (Å²) in [5.41, 5.74) is 4.14. The molecule has 188 valence electrons. The van der Waals surface area contributed by atoms with E-state index < -0.39 is 7.26 Å². The Morgan fingerprint density at radius 3 is 1.72 bits per heavy atom. The highest BCUT2D eigenvalue weighted by Gasteiger charge is 2.43. The Labute approximate surface area is 224 Å². The van der Waals surface area contributed by atoms with Gasteiger partial charge in [0.1, 0.15) is 23.2 Å². The molecule has 0 aliphatic heterocycles. The summed E-state index contributed by atoms with van der Waals surface area (Å²) in [6.45, 7) is 8.94. The second-order valence-electron chi connectivity index (χ2n) is 10.4. The van der Waals surface area contributed by atoms with Crippen LogP contribution in [0, 0.1) is 5.41 Å². The maximum absolute atomic E-state index is 10.3. The van der Waals surface area contributed by atoms with Gasteiger partial charge in [-0.2, -0.15) is 0 Å². The molecule has 0 radical (unpaired) electrons. The maximum atomic E-state index is 10.3. The molecule has 3 heteroatoms. The van der Waals surface area contributed by atoms with Gasteiger partial charge in [0.25, 0.3) is 0 Å². The first-order valence-corrected chi connectivity index (χ1v) is 14.5. The summed E-state index contributed by atoms with van der Waals surface area (Å²) in [5.74, 6) is 2.48. The van der Waals surface area contributed by atoms with Gasteiger partial charge in [0.2, 0.25) is 0 Å². The molecular weight excluding hydrogens is 479 g/mol. The van der Waals surface area contributed by atoms with E-state index in [4.69, 9.17) is 0 Å². The van der Waals surface area contributed by atoms with Crippen molar-refractivity contribution in [2.24, 2.45) is 5.41 Å². The molecule has 0 spiro atoms. The van der Waals surface area contributed by atoms with Gasteiger partial charge in [0.15, 0.2) is 0 Å². The van der Waals surface area contributed by atoms with E-state index in [0.29, 0.717) is 0 Å². The van der Waals surface area contributed by atoms with Crippen molar-refractivity contribution < 1.29 is 17.5 Å². The SMILES string of the molecule is CC(C=C[P+](c1ccccc1)(c1ccccc1)c1ccccc1)=CCC1=C(C)C[C@@H](O)CC1(C)C.[Cl-]. The standard InChI is InChI=1S/C33H38OP.ClH/c1-26(20-21-32-27(2)24-28(34)25-33(32,3)4)22-23-35(29-14-8-5-9-15-29,30-16-10-6-11-17-30)31-18-12-7-13-19-31;/h5-20,22-23,28,34H,21,24-25H2,1-4H3;1H/q+1;/p-1/t28-;/m1./s1. The van der Waals surface area contributed by atoms with Crippen LogP contribution >= 0.6 is 7.26 Å². The fraction of sp³-hybridized carbons (Fsp3) is 0.273. The minimum Gasteiger partial charge on any atom is -1.00 e. The van der Waals surface area contributed by atoms with Gasteiger partial charge in [0.05, 0.1) is 11.9 Å². The Balaban J connectivity index is 0.00000361. The predicted octanol–water partition coefficient (Wildman–Crippen LogP) is 4.33. The second kappa shape index (κ2) is 12.2. The summed E-state index contributed by atoms with van der Waals surface area (Å²) in [5, 5.41) is 14.3. The van der Waals surface area contributed by atoms with Crippen LogP contribution in [0.25, 0.3) is 0 Å². The zero-order valence-electron chi connectivity index (χ0n) is 21.9. The summed E-state index contributed by atoms with van der Waals surface area (Å²) < 4.78 is 0. The zero-order chi connectivity index (χ0) is 24.9. The minimum absolute atomic E-state index is 0. The third kappa shape index (κ3) is 6.09. The van der Waals surface area contributed by atoms with Crippen LogP contribution in [0.2, 0.25) is 0 Å². The normalized spacial score (nSPS) is 18.2. The molecule has 1 N–H and O–H groups in total. The third-order valence-corrected chi connectivity index (χ3v) is 11.2. The molecule has 4 rings (SSSR count). The Bertz CT molecular complexity index is 1110. The van der Waals surface area contributed by atoms with E-state index in [9.17, 15) is 5.11 Å². The van der Waals surface area contributed by atoms with Gasteiger partial charge in [0, 0.05) is 0 Å². The molecule has 0 saturated heterocycles. The first-order valence-electron chi connectivity index (χ1n) is 12.6. The third-order valence-electron chi connectivity index (χ3n) is 7.30. The Morgan fingerprint density at radius 1 is 0.861 bits per heavy atom. The molecule has 0 heterocycles. The highest BCUT2D eigenvalue weighted by Crippen LogP contribution is 2.57. The van der Waals surface area contributed by atoms with Gasteiger partial charge in [-0.1, -0.05) is 91.2 Å². The van der Waals surface area contributed by atoms with E-state index in [1.807, 2.05) is 0 Å². The average molecular weight is 517 g/mol. The van der Waals surface area contributed by atoms with Crippen molar-refractivity contribution in [1.29, 1.82) is 0 Å². The maximum Gasteiger partial charge on any atom is 0.136 e. The van der Waals surface area contributed by atoms with E-state index in [1.165, 1.54) is 32.6 Å². The summed E-state index contributed by atoms with van der Waals surface area (Å²) in [6, 6.07) is 32.9. The summed E-state index contributed by atoms with van der Waals surface area (Å²) in [6.07, 6.45) is 7.06. The van der Waals surface area contributed by atoms with Crippen molar-refractivity contribution in [3.05, 3.63) is 126 Å². The second-order valence-corrected chi connectivity index (χ2v) is 13.7. The lowest BCUT2D eigenvalue weighted by molar-refractivity contribution is -0.0000117. The van der Waals surface area contributed by atoms with E-state index in [2.05, 4.69) is 137 Å². The lowest BCUT2D eigenvalue weighted by atomic mass is 9.70. The number of hydrogen-bond donors (Lipinski definition) is 1. The molecule has 0 unspecified atom stereocenters. The molecule has 1 aliphatic rings. The molecule has 0 aromatic heterocycles. The van der Waals surface area contributed by atoms with Crippen LogP contribution in [-0.2, 0) is 0 Å². The average Bonchev–Trinajstić information content (AvgIpc) is 2.85. The van der Waals surface area contributed by atoms with Crippen LogP contribution in [0.4, 0.5) is 0 Å². The molecule has 0 bridgehead atoms. The first kappa shape index (κ1) is 28.1. The van der Waals surface area contributed by atoms with Gasteiger partial charge in [-0.3, -0.25) is 0 Å². The molecular formula is C33H38ClOP. The van der Waals surface area contributed by atoms with Crippen molar-refractivity contribution in [3.63, 3.8) is 0 Å². The molecule has 0 amide bonds. The van der Waals surface area contributed by atoms with E-state index in [-0.39, 0.29) is 23.9 Å². The van der Waals surface area contributed by atoms with E-state index >= 15 is 0 Å². The van der Waals surface area contributed by atoms with Crippen LogP contribution < -0.4 is 28.3 Å². The van der Waals surface area contributed by atoms with Crippen LogP contribution in [-0.4, -0.2) is 11.2 Å². The van der Waals surface area contributed by atoms with Gasteiger partial charge >= 0.3 is 0 Å². The quantitative estimate of drug-likeness (QED) is 0.281. The zero-order valence-corrected chi connectivity index (χ0v) is 23.5. The highest BCUT2D eigenvalue weighted by molar-refractivity contribution is 7.98. The molecule has 1 nitrogen and oxygen atoms in total. The monoisotopic (exact) mass is 516 g/mol. The lowest BCUT2D eigenvalue weighted by Gasteiger charge is -2.37. The fourth-order valence-electron chi connectivity index (χ4n) is 5.54. The molecule has 0 saturated carbocycles. The number of aliphatic hydroxyl groups is 1. The molecule has 0 fully saturated rings. The number of hydrogen-bond acceptors (Lipinski definition) is 1. The van der Waals surface area contributed by atoms with E-state index in [1.54, 1.807) is 0 Å². The van der Waals surface area contributed by atoms with E-state index in [0.717, 1.165) is 19.3 Å². The van der Waals surface area contributed by atoms with Crippen molar-refractivity contribution >= 4 is 23.2 Å².